The summed E-state index contributed by atoms with van der Waals surface area (Å²) in [6, 6.07) is 11.6. The lowest BCUT2D eigenvalue weighted by Crippen LogP contribution is -2.36. The summed E-state index contributed by atoms with van der Waals surface area (Å²) in [7, 11) is -3.58. The van der Waals surface area contributed by atoms with Crippen molar-refractivity contribution < 1.29 is 21.8 Å². The first-order chi connectivity index (χ1) is 14.1. The topological polar surface area (TPSA) is 63.7 Å². The van der Waals surface area contributed by atoms with Gasteiger partial charge < -0.3 is 4.90 Å². The van der Waals surface area contributed by atoms with Crippen molar-refractivity contribution in [1.29, 1.82) is 0 Å². The number of amides is 1. The van der Waals surface area contributed by atoms with Crippen molar-refractivity contribution in [3.8, 4) is 0 Å². The molecule has 9 heteroatoms. The van der Waals surface area contributed by atoms with Crippen LogP contribution in [0.4, 0.5) is 4.39 Å². The maximum atomic E-state index is 14.1. The third-order valence-corrected chi connectivity index (χ3v) is 6.60. The third kappa shape index (κ3) is 5.52. The predicted octanol–water partition coefficient (Wildman–Crippen LogP) is 4.21. The van der Waals surface area contributed by atoms with Gasteiger partial charge in [0.15, 0.2) is 0 Å². The zero-order valence-corrected chi connectivity index (χ0v) is 18.7. The van der Waals surface area contributed by atoms with Crippen molar-refractivity contribution >= 4 is 39.2 Å². The first kappa shape index (κ1) is 23.0. The molecule has 0 bridgehead atoms. The average Bonchev–Trinajstić information content (AvgIpc) is 3.09. The Labute approximate surface area is 185 Å². The summed E-state index contributed by atoms with van der Waals surface area (Å²) >= 11 is 12.2. The summed E-state index contributed by atoms with van der Waals surface area (Å²) in [5.74, 6) is -0.757. The maximum Gasteiger partial charge on any atom is 0.264 e. The van der Waals surface area contributed by atoms with Gasteiger partial charge in [-0.05, 0) is 42.7 Å². The van der Waals surface area contributed by atoms with Gasteiger partial charge in [-0.25, -0.2) is 4.39 Å². The Morgan fingerprint density at radius 3 is 2.63 bits per heavy atom. The van der Waals surface area contributed by atoms with Gasteiger partial charge in [0.05, 0.1) is 19.3 Å². The van der Waals surface area contributed by atoms with Gasteiger partial charge in [0.1, 0.15) is 5.82 Å². The summed E-state index contributed by atoms with van der Waals surface area (Å²) in [6.07, 6.45) is 1.86. The molecule has 1 aliphatic rings. The molecule has 1 amide bonds. The number of hydrogen-bond acceptors (Lipinski definition) is 4. The SMILES string of the molecule is CS(=O)(=O)OCC[C@]1(c2cccc(Cl)c2)CCN(C(=O)Cc2c(F)cccc2Cl)C1. The second kappa shape index (κ2) is 9.22. The molecule has 1 aliphatic heterocycles. The molecule has 0 saturated carbocycles. The van der Waals surface area contributed by atoms with Crippen LogP contribution in [0.25, 0.3) is 0 Å². The van der Waals surface area contributed by atoms with E-state index in [9.17, 15) is 17.6 Å². The van der Waals surface area contributed by atoms with Crippen LogP contribution in [0.2, 0.25) is 10.0 Å². The normalized spacial score (nSPS) is 19.3. The van der Waals surface area contributed by atoms with E-state index in [4.69, 9.17) is 27.4 Å². The van der Waals surface area contributed by atoms with E-state index in [-0.39, 0.29) is 29.5 Å². The molecule has 5 nitrogen and oxygen atoms in total. The molecule has 1 fully saturated rings. The molecule has 1 saturated heterocycles. The van der Waals surface area contributed by atoms with Crippen LogP contribution in [0.1, 0.15) is 24.0 Å². The molecule has 1 atom stereocenters. The molecule has 0 aromatic heterocycles. The second-order valence-corrected chi connectivity index (χ2v) is 10.00. The van der Waals surface area contributed by atoms with Gasteiger partial charge in [-0.2, -0.15) is 8.42 Å². The lowest BCUT2D eigenvalue weighted by atomic mass is 9.77. The zero-order valence-electron chi connectivity index (χ0n) is 16.4. The van der Waals surface area contributed by atoms with Gasteiger partial charge in [-0.3, -0.25) is 8.98 Å². The first-order valence-corrected chi connectivity index (χ1v) is 12.0. The minimum Gasteiger partial charge on any atom is -0.341 e. The fourth-order valence-corrected chi connectivity index (χ4v) is 4.65. The van der Waals surface area contributed by atoms with E-state index in [2.05, 4.69) is 0 Å². The van der Waals surface area contributed by atoms with E-state index >= 15 is 0 Å². The van der Waals surface area contributed by atoms with Crippen molar-refractivity contribution in [2.75, 3.05) is 26.0 Å². The Hall–Kier alpha value is -1.67. The smallest absolute Gasteiger partial charge is 0.264 e. The first-order valence-electron chi connectivity index (χ1n) is 9.41. The molecule has 2 aromatic rings. The van der Waals surface area contributed by atoms with Crippen molar-refractivity contribution in [2.45, 2.75) is 24.7 Å². The minimum absolute atomic E-state index is 0.00742. The highest BCUT2D eigenvalue weighted by molar-refractivity contribution is 7.85. The number of hydrogen-bond donors (Lipinski definition) is 0. The van der Waals surface area contributed by atoms with E-state index in [0.717, 1.165) is 11.8 Å². The maximum absolute atomic E-state index is 14.1. The molecule has 3 rings (SSSR count). The number of carbonyl (C=O) groups is 1. The van der Waals surface area contributed by atoms with Crippen LogP contribution >= 0.6 is 23.2 Å². The molecule has 1 heterocycles. The molecule has 2 aromatic carbocycles. The van der Waals surface area contributed by atoms with Crippen LogP contribution in [0.3, 0.4) is 0 Å². The molecule has 162 valence electrons. The third-order valence-electron chi connectivity index (χ3n) is 5.41. The van der Waals surface area contributed by atoms with Crippen molar-refractivity contribution in [3.05, 3.63) is 69.5 Å². The van der Waals surface area contributed by atoms with Gasteiger partial charge in [0.25, 0.3) is 10.1 Å². The number of likely N-dealkylation sites (tertiary alicyclic amines) is 1. The number of carbonyl (C=O) groups excluding carboxylic acids is 1. The second-order valence-electron chi connectivity index (χ2n) is 7.51. The van der Waals surface area contributed by atoms with Crippen LogP contribution in [-0.2, 0) is 30.9 Å². The fraction of sp³-hybridized carbons (Fsp3) is 0.381. The van der Waals surface area contributed by atoms with Crippen LogP contribution < -0.4 is 0 Å². The van der Waals surface area contributed by atoms with Crippen LogP contribution in [0, 0.1) is 5.82 Å². The highest BCUT2D eigenvalue weighted by Crippen LogP contribution is 2.39. The van der Waals surface area contributed by atoms with Gasteiger partial charge in [0.2, 0.25) is 5.91 Å². The Kier molecular flexibility index (Phi) is 7.07. The molecule has 0 N–H and O–H groups in total. The molecule has 30 heavy (non-hydrogen) atoms. The predicted molar refractivity (Wildman–Crippen MR) is 115 cm³/mol. The van der Waals surface area contributed by atoms with Gasteiger partial charge >= 0.3 is 0 Å². The zero-order chi connectivity index (χ0) is 21.9. The number of nitrogens with zero attached hydrogens (tertiary/aromatic N) is 1. The number of rotatable bonds is 7. The van der Waals surface area contributed by atoms with Crippen molar-refractivity contribution in [1.82, 2.24) is 4.90 Å². The Morgan fingerprint density at radius 2 is 1.97 bits per heavy atom. The number of halogens is 3. The summed E-state index contributed by atoms with van der Waals surface area (Å²) in [4.78, 5) is 14.5. The molecule has 0 unspecified atom stereocenters. The Balaban J connectivity index is 1.81. The Morgan fingerprint density at radius 1 is 1.23 bits per heavy atom. The van der Waals surface area contributed by atoms with Crippen LogP contribution in [0.5, 0.6) is 0 Å². The molecule has 0 radical (unpaired) electrons. The highest BCUT2D eigenvalue weighted by Gasteiger charge is 2.41. The molecule has 0 aliphatic carbocycles. The largest absolute Gasteiger partial charge is 0.341 e. The molecular weight excluding hydrogens is 452 g/mol. The fourth-order valence-electron chi connectivity index (χ4n) is 3.84. The highest BCUT2D eigenvalue weighted by atomic mass is 35.5. The van der Waals surface area contributed by atoms with Crippen molar-refractivity contribution in [2.24, 2.45) is 0 Å². The monoisotopic (exact) mass is 473 g/mol. The Bertz CT molecular complexity index is 1030. The van der Waals surface area contributed by atoms with E-state index in [0.29, 0.717) is 31.0 Å². The number of benzene rings is 2. The quantitative estimate of drug-likeness (QED) is 0.564. The van der Waals surface area contributed by atoms with Crippen LogP contribution in [0.15, 0.2) is 42.5 Å². The van der Waals surface area contributed by atoms with Gasteiger partial charge in [-0.15, -0.1) is 0 Å². The summed E-state index contributed by atoms with van der Waals surface area (Å²) in [6.45, 7) is 0.800. The van der Waals surface area contributed by atoms with Crippen LogP contribution in [-0.4, -0.2) is 45.2 Å². The summed E-state index contributed by atoms with van der Waals surface area (Å²) in [5, 5.41) is 0.768. The molecular formula is C21H22Cl2FNO4S. The minimum atomic E-state index is -3.58. The van der Waals surface area contributed by atoms with Gasteiger partial charge in [-0.1, -0.05) is 41.4 Å². The van der Waals surface area contributed by atoms with E-state index in [1.807, 2.05) is 18.2 Å². The summed E-state index contributed by atoms with van der Waals surface area (Å²) in [5.41, 5.74) is 0.570. The molecule has 0 spiro atoms. The van der Waals surface area contributed by atoms with Gasteiger partial charge in [0, 0.05) is 34.1 Å². The van der Waals surface area contributed by atoms with E-state index in [1.54, 1.807) is 17.0 Å². The standard InChI is InChI=1S/C21H22Cl2FNO4S/c1-30(27,28)29-11-9-21(15-4-2-5-16(22)12-15)8-10-25(14-21)20(26)13-17-18(23)6-3-7-19(17)24/h2-7,12H,8-11,13-14H2,1H3/t21-/m1/s1. The van der Waals surface area contributed by atoms with E-state index in [1.165, 1.54) is 12.1 Å². The summed E-state index contributed by atoms with van der Waals surface area (Å²) < 4.78 is 41.8. The van der Waals surface area contributed by atoms with Crippen molar-refractivity contribution in [3.63, 3.8) is 0 Å². The average molecular weight is 474 g/mol. The van der Waals surface area contributed by atoms with E-state index < -0.39 is 21.4 Å². The lowest BCUT2D eigenvalue weighted by Gasteiger charge is -2.30. The lowest BCUT2D eigenvalue weighted by molar-refractivity contribution is -0.129.